The Balaban J connectivity index is 2.51. The summed E-state index contributed by atoms with van der Waals surface area (Å²) in [4.78, 5) is 4.01. The fourth-order valence-electron chi connectivity index (χ4n) is 1.13. The summed E-state index contributed by atoms with van der Waals surface area (Å²) < 4.78 is 6.88. The maximum atomic E-state index is 5.17. The second-order valence-corrected chi connectivity index (χ2v) is 2.50. The highest BCUT2D eigenvalue weighted by Crippen LogP contribution is 2.19. The molecule has 0 radical (unpaired) electrons. The van der Waals surface area contributed by atoms with Crippen molar-refractivity contribution < 1.29 is 4.74 Å². The van der Waals surface area contributed by atoms with E-state index in [1.807, 2.05) is 12.3 Å². The molecule has 0 aliphatic carbocycles. The molecule has 2 aromatic rings. The van der Waals surface area contributed by atoms with E-state index in [1.54, 1.807) is 36.4 Å². The summed E-state index contributed by atoms with van der Waals surface area (Å²) >= 11 is 0. The molecule has 0 atom stereocenters. The van der Waals surface area contributed by atoms with Crippen molar-refractivity contribution in [3.8, 4) is 11.4 Å². The third kappa shape index (κ3) is 1.38. The van der Waals surface area contributed by atoms with Gasteiger partial charge in [-0.05, 0) is 6.07 Å². The molecular formula is C9H9N3O. The molecule has 0 saturated carbocycles. The van der Waals surface area contributed by atoms with Gasteiger partial charge in [0.15, 0.2) is 0 Å². The van der Waals surface area contributed by atoms with Gasteiger partial charge in [0.05, 0.1) is 13.3 Å². The zero-order valence-corrected chi connectivity index (χ0v) is 7.21. The average Bonchev–Trinajstić information content (AvgIpc) is 2.70. The van der Waals surface area contributed by atoms with Crippen molar-refractivity contribution in [1.29, 1.82) is 0 Å². The van der Waals surface area contributed by atoms with Gasteiger partial charge in [-0.1, -0.05) is 0 Å². The lowest BCUT2D eigenvalue weighted by Gasteiger charge is -2.06. The first-order chi connectivity index (χ1) is 6.42. The minimum absolute atomic E-state index is 0.763. The molecule has 0 fully saturated rings. The van der Waals surface area contributed by atoms with Gasteiger partial charge in [-0.3, -0.25) is 4.98 Å². The smallest absolute Gasteiger partial charge is 0.147 e. The molecule has 2 rings (SSSR count). The predicted molar refractivity (Wildman–Crippen MR) is 47.9 cm³/mol. The molecule has 4 heteroatoms. The molecule has 2 heterocycles. The predicted octanol–water partition coefficient (Wildman–Crippen LogP) is 1.28. The van der Waals surface area contributed by atoms with E-state index >= 15 is 0 Å². The molecule has 13 heavy (non-hydrogen) atoms. The van der Waals surface area contributed by atoms with Crippen LogP contribution >= 0.6 is 0 Å². The molecule has 0 aliphatic heterocycles. The number of hydrogen-bond acceptors (Lipinski definition) is 3. The molecule has 66 valence electrons. The second-order valence-electron chi connectivity index (χ2n) is 2.50. The van der Waals surface area contributed by atoms with Crippen molar-refractivity contribution in [1.82, 2.24) is 14.8 Å². The summed E-state index contributed by atoms with van der Waals surface area (Å²) in [5, 5.41) is 4.09. The fraction of sp³-hybridized carbons (Fsp3) is 0.111. The Kier molecular flexibility index (Phi) is 1.96. The monoisotopic (exact) mass is 175 g/mol. The van der Waals surface area contributed by atoms with E-state index in [0.717, 1.165) is 11.4 Å². The number of nitrogens with zero attached hydrogens (tertiary/aromatic N) is 3. The Morgan fingerprint density at radius 3 is 3.00 bits per heavy atom. The Morgan fingerprint density at radius 1 is 1.38 bits per heavy atom. The van der Waals surface area contributed by atoms with Gasteiger partial charge in [-0.15, -0.1) is 0 Å². The normalized spacial score (nSPS) is 9.92. The zero-order chi connectivity index (χ0) is 9.10. The summed E-state index contributed by atoms with van der Waals surface area (Å²) in [6.07, 6.45) is 6.96. The topological polar surface area (TPSA) is 39.9 Å². The van der Waals surface area contributed by atoms with Gasteiger partial charge in [0.1, 0.15) is 11.4 Å². The average molecular weight is 175 g/mol. The summed E-state index contributed by atoms with van der Waals surface area (Å²) in [7, 11) is 1.63. The summed E-state index contributed by atoms with van der Waals surface area (Å²) in [5.41, 5.74) is 0.843. The van der Waals surface area contributed by atoms with Crippen LogP contribution in [0.2, 0.25) is 0 Å². The van der Waals surface area contributed by atoms with Crippen molar-refractivity contribution in [2.24, 2.45) is 0 Å². The minimum Gasteiger partial charge on any atom is -0.494 e. The van der Waals surface area contributed by atoms with Crippen molar-refractivity contribution >= 4 is 0 Å². The standard InChI is InChI=1S/C9H9N3O/c1-13-9-3-5-10-7-8(9)12-6-2-4-11-12/h2-7H,1H3. The largest absolute Gasteiger partial charge is 0.494 e. The lowest BCUT2D eigenvalue weighted by atomic mass is 10.4. The minimum atomic E-state index is 0.763. The first-order valence-corrected chi connectivity index (χ1v) is 3.90. The van der Waals surface area contributed by atoms with Gasteiger partial charge in [0, 0.05) is 24.7 Å². The number of ether oxygens (including phenoxy) is 1. The number of pyridine rings is 1. The van der Waals surface area contributed by atoms with E-state index in [1.165, 1.54) is 0 Å². The Bertz CT molecular complexity index is 384. The maximum Gasteiger partial charge on any atom is 0.147 e. The number of hydrogen-bond donors (Lipinski definition) is 0. The van der Waals surface area contributed by atoms with Crippen LogP contribution in [0.25, 0.3) is 5.69 Å². The fourth-order valence-corrected chi connectivity index (χ4v) is 1.13. The maximum absolute atomic E-state index is 5.17. The molecule has 0 bridgehead atoms. The molecule has 0 saturated heterocycles. The van der Waals surface area contributed by atoms with Gasteiger partial charge < -0.3 is 4.74 Å². The Labute approximate surface area is 75.8 Å². The zero-order valence-electron chi connectivity index (χ0n) is 7.21. The van der Waals surface area contributed by atoms with Crippen LogP contribution in [0.3, 0.4) is 0 Å². The van der Waals surface area contributed by atoms with Crippen LogP contribution in [0.4, 0.5) is 0 Å². The third-order valence-electron chi connectivity index (χ3n) is 1.73. The summed E-state index contributed by atoms with van der Waals surface area (Å²) in [5.74, 6) is 0.763. The van der Waals surface area contributed by atoms with E-state index in [-0.39, 0.29) is 0 Å². The van der Waals surface area contributed by atoms with Gasteiger partial charge in [-0.2, -0.15) is 5.10 Å². The van der Waals surface area contributed by atoms with Crippen LogP contribution in [-0.4, -0.2) is 21.9 Å². The SMILES string of the molecule is COc1ccncc1-n1cccn1. The molecule has 0 N–H and O–H groups in total. The Morgan fingerprint density at radius 2 is 2.31 bits per heavy atom. The number of methoxy groups -OCH3 is 1. The summed E-state index contributed by atoms with van der Waals surface area (Å²) in [6, 6.07) is 3.66. The van der Waals surface area contributed by atoms with Crippen LogP contribution in [-0.2, 0) is 0 Å². The highest BCUT2D eigenvalue weighted by molar-refractivity contribution is 5.43. The van der Waals surface area contributed by atoms with Crippen LogP contribution in [0.15, 0.2) is 36.9 Å². The van der Waals surface area contributed by atoms with Gasteiger partial charge in [-0.25, -0.2) is 4.68 Å². The quantitative estimate of drug-likeness (QED) is 0.690. The van der Waals surface area contributed by atoms with Crippen molar-refractivity contribution in [3.63, 3.8) is 0 Å². The van der Waals surface area contributed by atoms with Crippen LogP contribution in [0.1, 0.15) is 0 Å². The molecule has 0 spiro atoms. The summed E-state index contributed by atoms with van der Waals surface area (Å²) in [6.45, 7) is 0. The molecule has 0 aromatic carbocycles. The lowest BCUT2D eigenvalue weighted by molar-refractivity contribution is 0.411. The third-order valence-corrected chi connectivity index (χ3v) is 1.73. The molecule has 0 amide bonds. The van der Waals surface area contributed by atoms with Gasteiger partial charge >= 0.3 is 0 Å². The van der Waals surface area contributed by atoms with Crippen molar-refractivity contribution in [3.05, 3.63) is 36.9 Å². The van der Waals surface area contributed by atoms with E-state index < -0.39 is 0 Å². The van der Waals surface area contributed by atoms with Crippen LogP contribution in [0, 0.1) is 0 Å². The van der Waals surface area contributed by atoms with E-state index in [2.05, 4.69) is 10.1 Å². The first kappa shape index (κ1) is 7.79. The van der Waals surface area contributed by atoms with Gasteiger partial charge in [0.25, 0.3) is 0 Å². The highest BCUT2D eigenvalue weighted by atomic mass is 16.5. The molecule has 0 unspecified atom stereocenters. The molecule has 0 aliphatic rings. The molecule has 4 nitrogen and oxygen atoms in total. The van der Waals surface area contributed by atoms with Crippen LogP contribution in [0.5, 0.6) is 5.75 Å². The van der Waals surface area contributed by atoms with Crippen LogP contribution < -0.4 is 4.74 Å². The first-order valence-electron chi connectivity index (χ1n) is 3.90. The van der Waals surface area contributed by atoms with E-state index in [9.17, 15) is 0 Å². The molecular weight excluding hydrogens is 166 g/mol. The van der Waals surface area contributed by atoms with E-state index in [0.29, 0.717) is 0 Å². The van der Waals surface area contributed by atoms with Gasteiger partial charge in [0.2, 0.25) is 0 Å². The van der Waals surface area contributed by atoms with Crippen molar-refractivity contribution in [2.45, 2.75) is 0 Å². The molecule has 2 aromatic heterocycles. The highest BCUT2D eigenvalue weighted by Gasteiger charge is 2.03. The number of rotatable bonds is 2. The lowest BCUT2D eigenvalue weighted by Crippen LogP contribution is -1.98. The van der Waals surface area contributed by atoms with E-state index in [4.69, 9.17) is 4.74 Å². The van der Waals surface area contributed by atoms with Crippen molar-refractivity contribution in [2.75, 3.05) is 7.11 Å². The second kappa shape index (κ2) is 3.26. The number of aromatic nitrogens is 3. The Hall–Kier alpha value is -1.84.